The van der Waals surface area contributed by atoms with Crippen molar-refractivity contribution in [3.63, 3.8) is 0 Å². The van der Waals surface area contributed by atoms with Gasteiger partial charge in [-0.2, -0.15) is 4.80 Å². The van der Waals surface area contributed by atoms with E-state index in [1.54, 1.807) is 7.05 Å². The second-order valence-corrected chi connectivity index (χ2v) is 3.47. The third-order valence-electron chi connectivity index (χ3n) is 2.37. The topological polar surface area (TPSA) is 60.7 Å². The van der Waals surface area contributed by atoms with Gasteiger partial charge in [-0.3, -0.25) is 4.79 Å². The van der Waals surface area contributed by atoms with E-state index in [1.165, 1.54) is 4.80 Å². The lowest BCUT2D eigenvalue weighted by atomic mass is 9.88. The first-order valence-corrected chi connectivity index (χ1v) is 4.51. The molecule has 0 N–H and O–H groups in total. The van der Waals surface area contributed by atoms with Crippen LogP contribution in [0.15, 0.2) is 0 Å². The zero-order valence-corrected chi connectivity index (χ0v) is 7.60. The van der Waals surface area contributed by atoms with Gasteiger partial charge >= 0.3 is 0 Å². The fourth-order valence-corrected chi connectivity index (χ4v) is 1.71. The molecule has 0 amide bonds. The van der Waals surface area contributed by atoms with Crippen molar-refractivity contribution in [2.24, 2.45) is 7.05 Å². The molecule has 0 bridgehead atoms. The van der Waals surface area contributed by atoms with E-state index in [1.807, 2.05) is 0 Å². The summed E-state index contributed by atoms with van der Waals surface area (Å²) >= 11 is 0. The van der Waals surface area contributed by atoms with Crippen molar-refractivity contribution in [2.75, 3.05) is 0 Å². The van der Waals surface area contributed by atoms with Gasteiger partial charge in [0.2, 0.25) is 0 Å². The summed E-state index contributed by atoms with van der Waals surface area (Å²) in [6, 6.07) is 0. The number of carbonyl (C=O) groups is 1. The molecule has 0 saturated heterocycles. The molecule has 1 saturated carbocycles. The molecular formula is C8H12N4O. The fourth-order valence-electron chi connectivity index (χ4n) is 1.71. The maximum absolute atomic E-state index is 11.2. The Morgan fingerprint density at radius 3 is 3.00 bits per heavy atom. The molecule has 1 aromatic rings. The zero-order valence-electron chi connectivity index (χ0n) is 7.60. The van der Waals surface area contributed by atoms with Crippen molar-refractivity contribution < 1.29 is 4.79 Å². The van der Waals surface area contributed by atoms with E-state index in [2.05, 4.69) is 15.4 Å². The Morgan fingerprint density at radius 1 is 1.54 bits per heavy atom. The first-order valence-electron chi connectivity index (χ1n) is 4.51. The summed E-state index contributed by atoms with van der Waals surface area (Å²) in [4.78, 5) is 12.6. The summed E-state index contributed by atoms with van der Waals surface area (Å²) < 4.78 is 0. The maximum atomic E-state index is 11.2. The molecule has 70 valence electrons. The third kappa shape index (κ3) is 1.74. The molecule has 5 nitrogen and oxygen atoms in total. The number of hydrogen-bond acceptors (Lipinski definition) is 4. The lowest BCUT2D eigenvalue weighted by Crippen LogP contribution is -2.14. The SMILES string of the molecule is Cn1nnc(C2CCCC(=O)C2)n1. The molecule has 0 spiro atoms. The van der Waals surface area contributed by atoms with E-state index in [9.17, 15) is 4.79 Å². The molecule has 1 heterocycles. The van der Waals surface area contributed by atoms with Gasteiger partial charge in [-0.15, -0.1) is 10.2 Å². The highest BCUT2D eigenvalue weighted by molar-refractivity contribution is 5.79. The highest BCUT2D eigenvalue weighted by Crippen LogP contribution is 2.27. The number of rotatable bonds is 1. The predicted octanol–water partition coefficient (Wildman–Crippen LogP) is 0.437. The van der Waals surface area contributed by atoms with Crippen LogP contribution >= 0.6 is 0 Å². The summed E-state index contributed by atoms with van der Waals surface area (Å²) in [5, 5.41) is 11.8. The van der Waals surface area contributed by atoms with Crippen LogP contribution in [0.2, 0.25) is 0 Å². The molecular weight excluding hydrogens is 168 g/mol. The number of ketones is 1. The number of Topliss-reactive ketones (excluding diaryl/α,β-unsaturated/α-hetero) is 1. The largest absolute Gasteiger partial charge is 0.300 e. The average molecular weight is 180 g/mol. The quantitative estimate of drug-likeness (QED) is 0.629. The van der Waals surface area contributed by atoms with Crippen LogP contribution in [-0.2, 0) is 11.8 Å². The van der Waals surface area contributed by atoms with Crippen LogP contribution in [0.3, 0.4) is 0 Å². The molecule has 1 atom stereocenters. The molecule has 5 heteroatoms. The van der Waals surface area contributed by atoms with Gasteiger partial charge in [0.05, 0.1) is 7.05 Å². The molecule has 0 radical (unpaired) electrons. The van der Waals surface area contributed by atoms with Crippen molar-refractivity contribution in [3.8, 4) is 0 Å². The second kappa shape index (κ2) is 3.24. The van der Waals surface area contributed by atoms with Gasteiger partial charge in [-0.05, 0) is 18.1 Å². The lowest BCUT2D eigenvalue weighted by Gasteiger charge is -2.16. The van der Waals surface area contributed by atoms with Crippen molar-refractivity contribution in [3.05, 3.63) is 5.82 Å². The Kier molecular flexibility index (Phi) is 2.08. The summed E-state index contributed by atoms with van der Waals surface area (Å²) in [5.74, 6) is 1.24. The van der Waals surface area contributed by atoms with Gasteiger partial charge in [0.25, 0.3) is 0 Å². The van der Waals surface area contributed by atoms with E-state index < -0.39 is 0 Å². The van der Waals surface area contributed by atoms with Gasteiger partial charge < -0.3 is 0 Å². The average Bonchev–Trinajstić information content (AvgIpc) is 2.52. The number of carbonyl (C=O) groups excluding carboxylic acids is 1. The van der Waals surface area contributed by atoms with E-state index in [0.29, 0.717) is 12.2 Å². The Bertz CT molecular complexity index is 320. The molecule has 2 rings (SSSR count). The zero-order chi connectivity index (χ0) is 9.26. The van der Waals surface area contributed by atoms with Crippen LogP contribution in [0.1, 0.15) is 37.4 Å². The molecule has 1 unspecified atom stereocenters. The summed E-state index contributed by atoms with van der Waals surface area (Å²) in [6.07, 6.45) is 3.28. The van der Waals surface area contributed by atoms with E-state index >= 15 is 0 Å². The molecule has 13 heavy (non-hydrogen) atoms. The third-order valence-corrected chi connectivity index (χ3v) is 2.37. The second-order valence-electron chi connectivity index (χ2n) is 3.47. The fraction of sp³-hybridized carbons (Fsp3) is 0.750. The van der Waals surface area contributed by atoms with Crippen molar-refractivity contribution in [2.45, 2.75) is 31.6 Å². The molecule has 1 aliphatic rings. The minimum Gasteiger partial charge on any atom is -0.300 e. The molecule has 1 aromatic heterocycles. The molecule has 1 aliphatic carbocycles. The normalized spacial score (nSPS) is 23.5. The molecule has 1 fully saturated rings. The number of aromatic nitrogens is 4. The standard InChI is InChI=1S/C8H12N4O/c1-12-10-8(9-11-12)6-3-2-4-7(13)5-6/h6H,2-5H2,1H3. The monoisotopic (exact) mass is 180 g/mol. The highest BCUT2D eigenvalue weighted by atomic mass is 16.1. The summed E-state index contributed by atoms with van der Waals surface area (Å²) in [5.41, 5.74) is 0. The smallest absolute Gasteiger partial charge is 0.178 e. The van der Waals surface area contributed by atoms with Crippen LogP contribution in [0.25, 0.3) is 0 Å². The van der Waals surface area contributed by atoms with Crippen LogP contribution in [-0.4, -0.2) is 26.0 Å². The van der Waals surface area contributed by atoms with E-state index in [0.717, 1.165) is 25.1 Å². The van der Waals surface area contributed by atoms with E-state index in [4.69, 9.17) is 0 Å². The lowest BCUT2D eigenvalue weighted by molar-refractivity contribution is -0.120. The summed E-state index contributed by atoms with van der Waals surface area (Å²) in [6.45, 7) is 0. The Labute approximate surface area is 76.1 Å². The molecule has 0 aromatic carbocycles. The van der Waals surface area contributed by atoms with E-state index in [-0.39, 0.29) is 5.92 Å². The Balaban J connectivity index is 2.12. The number of tetrazole rings is 1. The van der Waals surface area contributed by atoms with Crippen molar-refractivity contribution in [1.29, 1.82) is 0 Å². The van der Waals surface area contributed by atoms with Gasteiger partial charge in [0.1, 0.15) is 5.78 Å². The van der Waals surface area contributed by atoms with Crippen LogP contribution in [0.5, 0.6) is 0 Å². The van der Waals surface area contributed by atoms with Crippen molar-refractivity contribution in [1.82, 2.24) is 20.2 Å². The number of aryl methyl sites for hydroxylation is 1. The van der Waals surface area contributed by atoms with Gasteiger partial charge in [0.15, 0.2) is 5.82 Å². The summed E-state index contributed by atoms with van der Waals surface area (Å²) in [7, 11) is 1.74. The predicted molar refractivity (Wildman–Crippen MR) is 45.0 cm³/mol. The first kappa shape index (κ1) is 8.34. The minimum absolute atomic E-state index is 0.204. The Morgan fingerprint density at radius 2 is 2.38 bits per heavy atom. The highest BCUT2D eigenvalue weighted by Gasteiger charge is 2.24. The first-order chi connectivity index (χ1) is 6.25. The van der Waals surface area contributed by atoms with Crippen LogP contribution in [0.4, 0.5) is 0 Å². The number of nitrogens with zero attached hydrogens (tertiary/aromatic N) is 4. The molecule has 0 aliphatic heterocycles. The maximum Gasteiger partial charge on any atom is 0.178 e. The van der Waals surface area contributed by atoms with Gasteiger partial charge in [0, 0.05) is 18.8 Å². The van der Waals surface area contributed by atoms with Crippen LogP contribution in [0, 0.1) is 0 Å². The minimum atomic E-state index is 0.204. The van der Waals surface area contributed by atoms with Crippen LogP contribution < -0.4 is 0 Å². The van der Waals surface area contributed by atoms with Gasteiger partial charge in [-0.1, -0.05) is 0 Å². The van der Waals surface area contributed by atoms with Gasteiger partial charge in [-0.25, -0.2) is 0 Å². The number of hydrogen-bond donors (Lipinski definition) is 0. The van der Waals surface area contributed by atoms with Crippen molar-refractivity contribution >= 4 is 5.78 Å². The Hall–Kier alpha value is -1.26.